The van der Waals surface area contributed by atoms with E-state index in [1.54, 1.807) is 0 Å². The van der Waals surface area contributed by atoms with Crippen molar-refractivity contribution in [2.24, 2.45) is 0 Å². The van der Waals surface area contributed by atoms with Gasteiger partial charge in [0.2, 0.25) is 0 Å². The van der Waals surface area contributed by atoms with Crippen LogP contribution in [0, 0.1) is 13.8 Å². The summed E-state index contributed by atoms with van der Waals surface area (Å²) in [4.78, 5) is 3.33. The van der Waals surface area contributed by atoms with Crippen LogP contribution in [0.2, 0.25) is 0 Å². The molecule has 0 unspecified atom stereocenters. The first-order valence-electron chi connectivity index (χ1n) is 8.33. The topological polar surface area (TPSA) is 17.4 Å². The van der Waals surface area contributed by atoms with Crippen molar-refractivity contribution in [3.05, 3.63) is 47.3 Å². The molecule has 1 fully saturated rings. The number of nitrogens with zero attached hydrogens (tertiary/aromatic N) is 2. The molecule has 2 heterocycles. The van der Waals surface area contributed by atoms with Crippen LogP contribution in [0.1, 0.15) is 36.7 Å². The lowest BCUT2D eigenvalue weighted by molar-refractivity contribution is 0.340. The summed E-state index contributed by atoms with van der Waals surface area (Å²) in [6, 6.07) is 10.5. The molecule has 1 aliphatic rings. The maximum Gasteiger partial charge on any atom is 0.119 e. The second-order valence-corrected chi connectivity index (χ2v) is 6.43. The van der Waals surface area contributed by atoms with E-state index in [2.05, 4.69) is 41.5 Å². The highest BCUT2D eigenvalue weighted by atomic mass is 32.1. The lowest BCUT2D eigenvalue weighted by atomic mass is 10.2. The summed E-state index contributed by atoms with van der Waals surface area (Å²) in [6.45, 7) is 9.16. The summed E-state index contributed by atoms with van der Waals surface area (Å²) in [5.74, 6) is 0.909. The zero-order valence-corrected chi connectivity index (χ0v) is 14.9. The third-order valence-corrected chi connectivity index (χ3v) is 4.94. The van der Waals surface area contributed by atoms with Gasteiger partial charge in [-0.25, -0.2) is 0 Å². The number of rotatable bonds is 4. The van der Waals surface area contributed by atoms with Gasteiger partial charge < -0.3 is 14.2 Å². The second kappa shape index (κ2) is 6.75. The van der Waals surface area contributed by atoms with Crippen molar-refractivity contribution < 1.29 is 4.74 Å². The zero-order chi connectivity index (χ0) is 16.4. The van der Waals surface area contributed by atoms with Gasteiger partial charge >= 0.3 is 0 Å². The van der Waals surface area contributed by atoms with Crippen molar-refractivity contribution >= 4 is 17.2 Å². The normalized spacial score (nSPS) is 14.3. The van der Waals surface area contributed by atoms with Gasteiger partial charge in [0, 0.05) is 35.7 Å². The van der Waals surface area contributed by atoms with E-state index in [4.69, 9.17) is 17.0 Å². The minimum atomic E-state index is 0.690. The summed E-state index contributed by atoms with van der Waals surface area (Å²) in [7, 11) is 0. The largest absolute Gasteiger partial charge is 0.494 e. The quantitative estimate of drug-likeness (QED) is 0.781. The molecule has 0 bridgehead atoms. The Labute approximate surface area is 143 Å². The van der Waals surface area contributed by atoms with Crippen LogP contribution in [-0.4, -0.2) is 34.2 Å². The first-order chi connectivity index (χ1) is 11.1. The van der Waals surface area contributed by atoms with E-state index < -0.39 is 0 Å². The summed E-state index contributed by atoms with van der Waals surface area (Å²) in [6.07, 6.45) is 2.50. The number of benzene rings is 1. The molecule has 3 rings (SSSR count). The van der Waals surface area contributed by atoms with Crippen LogP contribution < -0.4 is 4.74 Å². The Kier molecular flexibility index (Phi) is 4.71. The van der Waals surface area contributed by atoms with E-state index in [9.17, 15) is 0 Å². The van der Waals surface area contributed by atoms with Gasteiger partial charge in [0.05, 0.1) is 6.61 Å². The SMILES string of the molecule is CCOc1ccc(-n2c(C)cc(C(=S)N3CCCC3)c2C)cc1. The van der Waals surface area contributed by atoms with Crippen LogP contribution in [0.25, 0.3) is 5.69 Å². The Hall–Kier alpha value is -1.81. The van der Waals surface area contributed by atoms with Crippen LogP contribution in [0.15, 0.2) is 30.3 Å². The van der Waals surface area contributed by atoms with Crippen molar-refractivity contribution in [1.29, 1.82) is 0 Å². The van der Waals surface area contributed by atoms with Crippen LogP contribution in [0.5, 0.6) is 5.75 Å². The van der Waals surface area contributed by atoms with Gasteiger partial charge in [-0.05, 0) is 63.9 Å². The monoisotopic (exact) mass is 328 g/mol. The predicted octanol–water partition coefficient (Wildman–Crippen LogP) is 4.26. The molecule has 1 aromatic heterocycles. The van der Waals surface area contributed by atoms with Gasteiger partial charge in [0.15, 0.2) is 0 Å². The van der Waals surface area contributed by atoms with Crippen LogP contribution in [-0.2, 0) is 0 Å². The van der Waals surface area contributed by atoms with Gasteiger partial charge in [0.25, 0.3) is 0 Å². The third-order valence-electron chi connectivity index (χ3n) is 4.46. The molecule has 0 saturated carbocycles. The summed E-state index contributed by atoms with van der Waals surface area (Å²) < 4.78 is 7.80. The molecular weight excluding hydrogens is 304 g/mol. The van der Waals surface area contributed by atoms with E-state index in [1.165, 1.54) is 29.8 Å². The maximum absolute atomic E-state index is 5.74. The molecule has 0 amide bonds. The molecule has 0 radical (unpaired) electrons. The smallest absolute Gasteiger partial charge is 0.119 e. The molecule has 1 aromatic carbocycles. The predicted molar refractivity (Wildman–Crippen MR) is 98.9 cm³/mol. The first-order valence-corrected chi connectivity index (χ1v) is 8.74. The minimum absolute atomic E-state index is 0.690. The molecule has 1 saturated heterocycles. The molecule has 0 spiro atoms. The number of thiocarbonyl (C=S) groups is 1. The number of aromatic nitrogens is 1. The van der Waals surface area contributed by atoms with Gasteiger partial charge in [-0.2, -0.15) is 0 Å². The number of hydrogen-bond donors (Lipinski definition) is 0. The summed E-state index contributed by atoms with van der Waals surface area (Å²) in [5, 5.41) is 0. The maximum atomic E-state index is 5.74. The lowest BCUT2D eigenvalue weighted by Crippen LogP contribution is -2.27. The van der Waals surface area contributed by atoms with Crippen LogP contribution in [0.4, 0.5) is 0 Å². The van der Waals surface area contributed by atoms with E-state index in [0.717, 1.165) is 29.5 Å². The molecule has 4 heteroatoms. The van der Waals surface area contributed by atoms with Crippen LogP contribution in [0.3, 0.4) is 0 Å². The zero-order valence-electron chi connectivity index (χ0n) is 14.1. The summed E-state index contributed by atoms with van der Waals surface area (Å²) in [5.41, 5.74) is 4.76. The van der Waals surface area contributed by atoms with E-state index >= 15 is 0 Å². The fourth-order valence-electron chi connectivity index (χ4n) is 3.33. The molecule has 23 heavy (non-hydrogen) atoms. The Morgan fingerprint density at radius 3 is 2.39 bits per heavy atom. The van der Waals surface area contributed by atoms with E-state index in [0.29, 0.717) is 6.61 Å². The van der Waals surface area contributed by atoms with Crippen LogP contribution >= 0.6 is 12.2 Å². The number of aryl methyl sites for hydroxylation is 1. The highest BCUT2D eigenvalue weighted by molar-refractivity contribution is 7.80. The Bertz CT molecular complexity index is 697. The minimum Gasteiger partial charge on any atom is -0.494 e. The second-order valence-electron chi connectivity index (χ2n) is 6.05. The molecule has 122 valence electrons. The molecule has 0 atom stereocenters. The Balaban J connectivity index is 1.92. The number of likely N-dealkylation sites (tertiary alicyclic amines) is 1. The molecule has 0 aliphatic carbocycles. The molecule has 0 N–H and O–H groups in total. The average molecular weight is 328 g/mol. The third kappa shape index (κ3) is 3.13. The first kappa shape index (κ1) is 16.1. The fraction of sp³-hybridized carbons (Fsp3) is 0.421. The van der Waals surface area contributed by atoms with Gasteiger partial charge in [0.1, 0.15) is 10.7 Å². The fourth-order valence-corrected chi connectivity index (χ4v) is 3.71. The van der Waals surface area contributed by atoms with Crippen molar-refractivity contribution in [1.82, 2.24) is 9.47 Å². The van der Waals surface area contributed by atoms with Crippen molar-refractivity contribution in [2.45, 2.75) is 33.6 Å². The number of hydrogen-bond acceptors (Lipinski definition) is 2. The molecule has 3 nitrogen and oxygen atoms in total. The highest BCUT2D eigenvalue weighted by Gasteiger charge is 2.20. The van der Waals surface area contributed by atoms with E-state index in [-0.39, 0.29) is 0 Å². The van der Waals surface area contributed by atoms with Gasteiger partial charge in [-0.15, -0.1) is 0 Å². The standard InChI is InChI=1S/C19H24N2OS/c1-4-22-17-9-7-16(8-10-17)21-14(2)13-18(15(21)3)19(23)20-11-5-6-12-20/h7-10,13H,4-6,11-12H2,1-3H3. The van der Waals surface area contributed by atoms with Crippen molar-refractivity contribution in [2.75, 3.05) is 19.7 Å². The average Bonchev–Trinajstić information content (AvgIpc) is 3.17. The lowest BCUT2D eigenvalue weighted by Gasteiger charge is -2.19. The number of ether oxygens (including phenoxy) is 1. The summed E-state index contributed by atoms with van der Waals surface area (Å²) >= 11 is 5.74. The van der Waals surface area contributed by atoms with Gasteiger partial charge in [-0.1, -0.05) is 12.2 Å². The van der Waals surface area contributed by atoms with Gasteiger partial charge in [-0.3, -0.25) is 0 Å². The Morgan fingerprint density at radius 1 is 1.13 bits per heavy atom. The highest BCUT2D eigenvalue weighted by Crippen LogP contribution is 2.25. The van der Waals surface area contributed by atoms with E-state index in [1.807, 2.05) is 19.1 Å². The van der Waals surface area contributed by atoms with Crippen molar-refractivity contribution in [3.63, 3.8) is 0 Å². The molecule has 1 aliphatic heterocycles. The Morgan fingerprint density at radius 2 is 1.78 bits per heavy atom. The van der Waals surface area contributed by atoms with Crippen molar-refractivity contribution in [3.8, 4) is 11.4 Å². The molecule has 2 aromatic rings. The molecular formula is C19H24N2OS.